The van der Waals surface area contributed by atoms with Gasteiger partial charge in [0.05, 0.1) is 13.7 Å². The molecule has 0 aliphatic heterocycles. The van der Waals surface area contributed by atoms with E-state index in [0.717, 1.165) is 22.4 Å². The standard InChI is InChI=1S/C21H27F2N3O3.HI/c1-5-28-18-10-14(2)6-8-16(18)13-26-21(24-3)25-12-15-7-9-17(27-4)19(11-15)29-20(22)23;/h6-11,20H,5,12-13H2,1-4H3,(H2,24,25,26);1H. The predicted octanol–water partition coefficient (Wildman–Crippen LogP) is 4.49. The van der Waals surface area contributed by atoms with Gasteiger partial charge >= 0.3 is 6.61 Å². The van der Waals surface area contributed by atoms with Crippen LogP contribution in [0.15, 0.2) is 41.4 Å². The van der Waals surface area contributed by atoms with Crippen molar-refractivity contribution in [3.63, 3.8) is 0 Å². The number of benzene rings is 2. The highest BCUT2D eigenvalue weighted by Crippen LogP contribution is 2.29. The van der Waals surface area contributed by atoms with E-state index in [2.05, 4.69) is 20.4 Å². The Bertz CT molecular complexity index is 835. The lowest BCUT2D eigenvalue weighted by Crippen LogP contribution is -2.36. The molecule has 0 fully saturated rings. The van der Waals surface area contributed by atoms with Gasteiger partial charge in [0.2, 0.25) is 0 Å². The molecule has 0 atom stereocenters. The molecule has 0 bridgehead atoms. The van der Waals surface area contributed by atoms with Crippen molar-refractivity contribution in [3.05, 3.63) is 53.1 Å². The van der Waals surface area contributed by atoms with Gasteiger partial charge in [-0.2, -0.15) is 8.78 Å². The van der Waals surface area contributed by atoms with E-state index in [1.165, 1.54) is 13.2 Å². The Labute approximate surface area is 193 Å². The van der Waals surface area contributed by atoms with Crippen molar-refractivity contribution in [2.45, 2.75) is 33.5 Å². The third-order valence-corrected chi connectivity index (χ3v) is 4.10. The molecule has 0 radical (unpaired) electrons. The van der Waals surface area contributed by atoms with Gasteiger partial charge in [-0.25, -0.2) is 0 Å². The molecule has 9 heteroatoms. The second-order valence-electron chi connectivity index (χ2n) is 6.19. The molecular formula is C21H28F2IN3O3. The average Bonchev–Trinajstić information content (AvgIpc) is 2.69. The number of aliphatic imine (C=N–C) groups is 1. The Kier molecular flexibility index (Phi) is 11.2. The first-order chi connectivity index (χ1) is 14.0. The number of guanidine groups is 1. The topological polar surface area (TPSA) is 64.1 Å². The van der Waals surface area contributed by atoms with Crippen molar-refractivity contribution in [1.82, 2.24) is 10.6 Å². The molecule has 0 unspecified atom stereocenters. The van der Waals surface area contributed by atoms with Crippen molar-refractivity contribution in [3.8, 4) is 17.2 Å². The molecule has 2 aromatic carbocycles. The smallest absolute Gasteiger partial charge is 0.387 e. The van der Waals surface area contributed by atoms with Crippen molar-refractivity contribution in [2.24, 2.45) is 4.99 Å². The molecule has 0 aromatic heterocycles. The van der Waals surface area contributed by atoms with Crippen LogP contribution in [0.4, 0.5) is 8.78 Å². The van der Waals surface area contributed by atoms with Gasteiger partial charge in [-0.3, -0.25) is 4.99 Å². The molecular weight excluding hydrogens is 507 g/mol. The third-order valence-electron chi connectivity index (χ3n) is 4.10. The van der Waals surface area contributed by atoms with Crippen molar-refractivity contribution in [1.29, 1.82) is 0 Å². The molecule has 30 heavy (non-hydrogen) atoms. The van der Waals surface area contributed by atoms with E-state index in [1.807, 2.05) is 32.0 Å². The largest absolute Gasteiger partial charge is 0.494 e. The van der Waals surface area contributed by atoms with Crippen molar-refractivity contribution in [2.75, 3.05) is 20.8 Å². The Morgan fingerprint density at radius 1 is 1.03 bits per heavy atom. The van der Waals surface area contributed by atoms with Crippen LogP contribution in [0.2, 0.25) is 0 Å². The van der Waals surface area contributed by atoms with Crippen LogP contribution < -0.4 is 24.8 Å². The normalized spacial score (nSPS) is 11.0. The van der Waals surface area contributed by atoms with Gasteiger partial charge < -0.3 is 24.8 Å². The second kappa shape index (κ2) is 13.1. The fraction of sp³-hybridized carbons (Fsp3) is 0.381. The van der Waals surface area contributed by atoms with Crippen LogP contribution in [0.3, 0.4) is 0 Å². The molecule has 0 saturated carbocycles. The first-order valence-corrected chi connectivity index (χ1v) is 9.25. The summed E-state index contributed by atoms with van der Waals surface area (Å²) >= 11 is 0. The van der Waals surface area contributed by atoms with Crippen LogP contribution in [0.5, 0.6) is 17.2 Å². The number of hydrogen-bond donors (Lipinski definition) is 2. The van der Waals surface area contributed by atoms with Crippen molar-refractivity contribution < 1.29 is 23.0 Å². The molecule has 166 valence electrons. The van der Waals surface area contributed by atoms with Gasteiger partial charge in [0.15, 0.2) is 17.5 Å². The van der Waals surface area contributed by atoms with E-state index in [9.17, 15) is 8.78 Å². The summed E-state index contributed by atoms with van der Waals surface area (Å²) < 4.78 is 40.4. The van der Waals surface area contributed by atoms with Crippen LogP contribution in [-0.4, -0.2) is 33.3 Å². The first kappa shape index (κ1) is 25.7. The summed E-state index contributed by atoms with van der Waals surface area (Å²) in [7, 11) is 3.06. The highest BCUT2D eigenvalue weighted by Gasteiger charge is 2.12. The Morgan fingerprint density at radius 2 is 1.77 bits per heavy atom. The third kappa shape index (κ3) is 7.85. The van der Waals surface area contributed by atoms with Crippen LogP contribution in [0.1, 0.15) is 23.6 Å². The summed E-state index contributed by atoms with van der Waals surface area (Å²) in [6, 6.07) is 10.9. The maximum Gasteiger partial charge on any atom is 0.387 e. The zero-order valence-corrected chi connectivity index (χ0v) is 19.8. The zero-order chi connectivity index (χ0) is 21.2. The molecule has 2 N–H and O–H groups in total. The maximum absolute atomic E-state index is 12.6. The van der Waals surface area contributed by atoms with Crippen LogP contribution in [0, 0.1) is 6.92 Å². The van der Waals surface area contributed by atoms with Crippen LogP contribution >= 0.6 is 24.0 Å². The minimum Gasteiger partial charge on any atom is -0.494 e. The number of halogens is 3. The lowest BCUT2D eigenvalue weighted by molar-refractivity contribution is -0.0512. The number of rotatable bonds is 9. The molecule has 2 aromatic rings. The Balaban J connectivity index is 0.00000450. The molecule has 0 aliphatic carbocycles. The molecule has 0 amide bonds. The van der Waals surface area contributed by atoms with Gasteiger partial charge in [0, 0.05) is 25.7 Å². The van der Waals surface area contributed by atoms with Gasteiger partial charge in [0.25, 0.3) is 0 Å². The second-order valence-corrected chi connectivity index (χ2v) is 6.19. The van der Waals surface area contributed by atoms with Crippen LogP contribution in [0.25, 0.3) is 0 Å². The van der Waals surface area contributed by atoms with Crippen molar-refractivity contribution >= 4 is 29.9 Å². The van der Waals surface area contributed by atoms with E-state index in [0.29, 0.717) is 25.7 Å². The molecule has 2 rings (SSSR count). The number of methoxy groups -OCH3 is 1. The summed E-state index contributed by atoms with van der Waals surface area (Å²) in [6.07, 6.45) is 0. The highest BCUT2D eigenvalue weighted by atomic mass is 127. The highest BCUT2D eigenvalue weighted by molar-refractivity contribution is 14.0. The van der Waals surface area contributed by atoms with Gasteiger partial charge in [-0.05, 0) is 43.2 Å². The first-order valence-electron chi connectivity index (χ1n) is 9.25. The van der Waals surface area contributed by atoms with E-state index in [-0.39, 0.29) is 35.5 Å². The van der Waals surface area contributed by atoms with E-state index < -0.39 is 6.61 Å². The predicted molar refractivity (Wildman–Crippen MR) is 124 cm³/mol. The summed E-state index contributed by atoms with van der Waals surface area (Å²) in [5.41, 5.74) is 2.88. The molecule has 0 heterocycles. The van der Waals surface area contributed by atoms with Gasteiger partial charge in [-0.1, -0.05) is 18.2 Å². The maximum atomic E-state index is 12.6. The fourth-order valence-electron chi connectivity index (χ4n) is 2.70. The number of nitrogens with one attached hydrogen (secondary N) is 2. The molecule has 0 saturated heterocycles. The lowest BCUT2D eigenvalue weighted by Gasteiger charge is -2.16. The minimum absolute atomic E-state index is 0. The summed E-state index contributed by atoms with van der Waals surface area (Å²) in [6.45, 7) is 2.52. The van der Waals surface area contributed by atoms with Crippen LogP contribution in [-0.2, 0) is 13.1 Å². The number of hydrogen-bond acceptors (Lipinski definition) is 4. The van der Waals surface area contributed by atoms with E-state index >= 15 is 0 Å². The SMILES string of the molecule is CCOc1cc(C)ccc1CNC(=NC)NCc1ccc(OC)c(OC(F)F)c1.I. The Morgan fingerprint density at radius 3 is 2.40 bits per heavy atom. The summed E-state index contributed by atoms with van der Waals surface area (Å²) in [5.74, 6) is 1.64. The zero-order valence-electron chi connectivity index (χ0n) is 17.5. The molecule has 6 nitrogen and oxygen atoms in total. The van der Waals surface area contributed by atoms with E-state index in [1.54, 1.807) is 19.2 Å². The average molecular weight is 535 g/mol. The molecule has 0 aliphatic rings. The number of aryl methyl sites for hydroxylation is 1. The monoisotopic (exact) mass is 535 g/mol. The quantitative estimate of drug-likeness (QED) is 0.282. The number of ether oxygens (including phenoxy) is 3. The summed E-state index contributed by atoms with van der Waals surface area (Å²) in [4.78, 5) is 4.19. The number of alkyl halides is 2. The number of nitrogens with zero attached hydrogens (tertiary/aromatic N) is 1. The lowest BCUT2D eigenvalue weighted by atomic mass is 10.1. The van der Waals surface area contributed by atoms with Gasteiger partial charge in [-0.15, -0.1) is 24.0 Å². The molecule has 0 spiro atoms. The van der Waals surface area contributed by atoms with E-state index in [4.69, 9.17) is 9.47 Å². The minimum atomic E-state index is -2.92. The van der Waals surface area contributed by atoms with Gasteiger partial charge in [0.1, 0.15) is 5.75 Å². The summed E-state index contributed by atoms with van der Waals surface area (Å²) in [5, 5.41) is 6.38. The Hall–Kier alpha value is -2.30. The fourth-order valence-corrected chi connectivity index (χ4v) is 2.70.